The van der Waals surface area contributed by atoms with Crippen LogP contribution in [0.1, 0.15) is 26.3 Å². The molecule has 2 aromatic heterocycles. The number of fused-ring (bicyclic) bond motifs is 1. The molecule has 0 atom stereocenters. The topological polar surface area (TPSA) is 76.0 Å². The lowest BCUT2D eigenvalue weighted by Crippen LogP contribution is -2.29. The number of anilines is 1. The van der Waals surface area contributed by atoms with E-state index in [1.54, 1.807) is 10.9 Å². The third-order valence-electron chi connectivity index (χ3n) is 4.11. The summed E-state index contributed by atoms with van der Waals surface area (Å²) in [6, 6.07) is 7.92. The maximum Gasteiger partial charge on any atom is 0.263 e. The molecule has 0 fully saturated rings. The van der Waals surface area contributed by atoms with E-state index in [1.165, 1.54) is 0 Å². The number of aromatic amines is 1. The smallest absolute Gasteiger partial charge is 0.263 e. The van der Waals surface area contributed by atoms with Gasteiger partial charge in [0.05, 0.1) is 18.3 Å². The van der Waals surface area contributed by atoms with Gasteiger partial charge >= 0.3 is 0 Å². The van der Waals surface area contributed by atoms with Crippen molar-refractivity contribution >= 4 is 17.0 Å². The monoisotopic (exact) mass is 355 g/mol. The Hall–Kier alpha value is -2.83. The number of likely N-dealkylation sites (N-methyl/N-ethyl adjacent to an activating group) is 1. The van der Waals surface area contributed by atoms with Crippen molar-refractivity contribution < 1.29 is 4.74 Å². The van der Waals surface area contributed by atoms with Crippen molar-refractivity contribution in [2.75, 3.05) is 25.1 Å². The highest BCUT2D eigenvalue weighted by molar-refractivity contribution is 5.74. The van der Waals surface area contributed by atoms with E-state index in [2.05, 4.69) is 15.1 Å². The summed E-state index contributed by atoms with van der Waals surface area (Å²) < 4.78 is 7.56. The van der Waals surface area contributed by atoms with Gasteiger partial charge in [0.1, 0.15) is 17.7 Å². The Kier molecular flexibility index (Phi) is 4.71. The predicted molar refractivity (Wildman–Crippen MR) is 103 cm³/mol. The Morgan fingerprint density at radius 1 is 1.31 bits per heavy atom. The van der Waals surface area contributed by atoms with Gasteiger partial charge in [0.25, 0.3) is 5.56 Å². The average molecular weight is 355 g/mol. The van der Waals surface area contributed by atoms with Gasteiger partial charge in [-0.15, -0.1) is 0 Å². The Bertz CT molecular complexity index is 968. The van der Waals surface area contributed by atoms with Crippen molar-refractivity contribution in [3.8, 4) is 5.75 Å². The van der Waals surface area contributed by atoms with Crippen LogP contribution in [-0.2, 0) is 5.54 Å². The average Bonchev–Trinajstić information content (AvgIpc) is 2.99. The van der Waals surface area contributed by atoms with Gasteiger partial charge in [-0.05, 0) is 45.4 Å². The van der Waals surface area contributed by atoms with Crippen LogP contribution in [-0.4, -0.2) is 39.9 Å². The minimum Gasteiger partial charge on any atom is -0.492 e. The SMILES string of the molecule is Cc1cccc(OCCN(C)c2nc3c(cnn3C(C)(C)C)c(=O)[nH]2)c1. The Morgan fingerprint density at radius 2 is 2.08 bits per heavy atom. The minimum atomic E-state index is -0.257. The molecule has 26 heavy (non-hydrogen) atoms. The first kappa shape index (κ1) is 18.0. The van der Waals surface area contributed by atoms with Gasteiger partial charge in [0, 0.05) is 7.05 Å². The Balaban J connectivity index is 1.77. The molecular weight excluding hydrogens is 330 g/mol. The van der Waals surface area contributed by atoms with Crippen LogP contribution in [0.4, 0.5) is 5.95 Å². The largest absolute Gasteiger partial charge is 0.492 e. The predicted octanol–water partition coefficient (Wildman–Crippen LogP) is 2.70. The van der Waals surface area contributed by atoms with Crippen LogP contribution in [0.15, 0.2) is 35.3 Å². The molecule has 0 spiro atoms. The molecule has 138 valence electrons. The van der Waals surface area contributed by atoms with Crippen LogP contribution in [0.25, 0.3) is 11.0 Å². The number of nitrogens with zero attached hydrogens (tertiary/aromatic N) is 4. The molecule has 0 radical (unpaired) electrons. The van der Waals surface area contributed by atoms with Crippen LogP contribution >= 0.6 is 0 Å². The van der Waals surface area contributed by atoms with E-state index in [0.717, 1.165) is 11.3 Å². The molecule has 0 unspecified atom stereocenters. The zero-order valence-electron chi connectivity index (χ0n) is 15.9. The molecule has 2 heterocycles. The molecule has 0 saturated heterocycles. The fourth-order valence-electron chi connectivity index (χ4n) is 2.69. The lowest BCUT2D eigenvalue weighted by molar-refractivity contribution is 0.325. The van der Waals surface area contributed by atoms with Gasteiger partial charge in [-0.25, -0.2) is 4.68 Å². The highest BCUT2D eigenvalue weighted by Crippen LogP contribution is 2.19. The third kappa shape index (κ3) is 3.71. The van der Waals surface area contributed by atoms with Gasteiger partial charge in [-0.3, -0.25) is 9.78 Å². The summed E-state index contributed by atoms with van der Waals surface area (Å²) in [7, 11) is 1.88. The van der Waals surface area contributed by atoms with Crippen molar-refractivity contribution in [1.82, 2.24) is 19.7 Å². The zero-order chi connectivity index (χ0) is 18.9. The summed E-state index contributed by atoms with van der Waals surface area (Å²) >= 11 is 0. The second kappa shape index (κ2) is 6.82. The molecule has 0 aliphatic heterocycles. The van der Waals surface area contributed by atoms with E-state index in [9.17, 15) is 4.79 Å². The molecule has 0 aliphatic rings. The maximum atomic E-state index is 12.4. The molecule has 0 aliphatic carbocycles. The first-order valence-electron chi connectivity index (χ1n) is 8.65. The number of H-pyrrole nitrogens is 1. The van der Waals surface area contributed by atoms with E-state index in [4.69, 9.17) is 4.74 Å². The van der Waals surface area contributed by atoms with Gasteiger partial charge in [0.15, 0.2) is 5.65 Å². The lowest BCUT2D eigenvalue weighted by atomic mass is 10.1. The molecule has 1 aromatic carbocycles. The maximum absolute atomic E-state index is 12.4. The van der Waals surface area contributed by atoms with Crippen LogP contribution in [0, 0.1) is 6.92 Å². The molecule has 3 rings (SSSR count). The minimum absolute atomic E-state index is 0.188. The van der Waals surface area contributed by atoms with Gasteiger partial charge < -0.3 is 9.64 Å². The molecule has 0 amide bonds. The summed E-state index contributed by atoms with van der Waals surface area (Å²) in [6.07, 6.45) is 1.57. The number of hydrogen-bond acceptors (Lipinski definition) is 5. The van der Waals surface area contributed by atoms with E-state index >= 15 is 0 Å². The third-order valence-corrected chi connectivity index (χ3v) is 4.11. The van der Waals surface area contributed by atoms with Crippen molar-refractivity contribution in [3.63, 3.8) is 0 Å². The molecule has 7 nitrogen and oxygen atoms in total. The van der Waals surface area contributed by atoms with E-state index < -0.39 is 0 Å². The summed E-state index contributed by atoms with van der Waals surface area (Å²) in [4.78, 5) is 21.7. The van der Waals surface area contributed by atoms with Gasteiger partial charge in [-0.1, -0.05) is 12.1 Å². The van der Waals surface area contributed by atoms with Gasteiger partial charge in [0.2, 0.25) is 5.95 Å². The standard InChI is InChI=1S/C19H25N5O2/c1-13-7-6-8-14(11-13)26-10-9-23(5)18-21-16-15(17(25)22-18)12-20-24(16)19(2,3)4/h6-8,11-12H,9-10H2,1-5H3,(H,21,22,25). The quantitative estimate of drug-likeness (QED) is 0.761. The number of aryl methyl sites for hydroxylation is 1. The van der Waals surface area contributed by atoms with Crippen molar-refractivity contribution in [2.45, 2.75) is 33.2 Å². The Morgan fingerprint density at radius 3 is 2.77 bits per heavy atom. The Labute approximate surface area is 152 Å². The van der Waals surface area contributed by atoms with E-state index in [-0.39, 0.29) is 11.1 Å². The number of nitrogens with one attached hydrogen (secondary N) is 1. The number of aromatic nitrogens is 4. The number of rotatable bonds is 5. The molecule has 3 aromatic rings. The van der Waals surface area contributed by atoms with Crippen LogP contribution < -0.4 is 15.2 Å². The van der Waals surface area contributed by atoms with Crippen molar-refractivity contribution in [1.29, 1.82) is 0 Å². The number of hydrogen-bond donors (Lipinski definition) is 1. The molecule has 0 bridgehead atoms. The molecule has 7 heteroatoms. The highest BCUT2D eigenvalue weighted by Gasteiger charge is 2.20. The normalized spacial score (nSPS) is 11.7. The second-order valence-corrected chi connectivity index (χ2v) is 7.44. The number of benzene rings is 1. The first-order chi connectivity index (χ1) is 12.3. The summed E-state index contributed by atoms with van der Waals surface area (Å²) in [5, 5.41) is 4.82. The van der Waals surface area contributed by atoms with Gasteiger partial charge in [-0.2, -0.15) is 10.1 Å². The van der Waals surface area contributed by atoms with Crippen LogP contribution in [0.3, 0.4) is 0 Å². The molecule has 0 saturated carbocycles. The zero-order valence-corrected chi connectivity index (χ0v) is 15.9. The van der Waals surface area contributed by atoms with Crippen molar-refractivity contribution in [3.05, 3.63) is 46.4 Å². The van der Waals surface area contributed by atoms with Crippen molar-refractivity contribution in [2.24, 2.45) is 0 Å². The first-order valence-corrected chi connectivity index (χ1v) is 8.65. The molecular formula is C19H25N5O2. The van der Waals surface area contributed by atoms with Crippen LogP contribution in [0.2, 0.25) is 0 Å². The highest BCUT2D eigenvalue weighted by atomic mass is 16.5. The summed E-state index contributed by atoms with van der Waals surface area (Å²) in [6.45, 7) is 9.19. The fourth-order valence-corrected chi connectivity index (χ4v) is 2.69. The summed E-state index contributed by atoms with van der Waals surface area (Å²) in [5.41, 5.74) is 1.30. The van der Waals surface area contributed by atoms with Crippen LogP contribution in [0.5, 0.6) is 5.75 Å². The van der Waals surface area contributed by atoms with E-state index in [0.29, 0.717) is 30.1 Å². The second-order valence-electron chi connectivity index (χ2n) is 7.44. The lowest BCUT2D eigenvalue weighted by Gasteiger charge is -2.21. The fraction of sp³-hybridized carbons (Fsp3) is 0.421. The molecule has 1 N–H and O–H groups in total. The summed E-state index contributed by atoms with van der Waals surface area (Å²) in [5.74, 6) is 1.34. The van der Waals surface area contributed by atoms with E-state index in [1.807, 2.05) is 63.9 Å². The number of ether oxygens (including phenoxy) is 1.